The molecule has 0 bridgehead atoms. The second-order valence-corrected chi connectivity index (χ2v) is 16.2. The average Bonchev–Trinajstić information content (AvgIpc) is 3.50. The first kappa shape index (κ1) is 39.7. The highest BCUT2D eigenvalue weighted by molar-refractivity contribution is 6.55. The van der Waals surface area contributed by atoms with Crippen LogP contribution < -0.4 is 16.0 Å². The lowest BCUT2D eigenvalue weighted by Crippen LogP contribution is -2.44. The van der Waals surface area contributed by atoms with Crippen LogP contribution in [-0.4, -0.2) is 39.5 Å². The van der Waals surface area contributed by atoms with Crippen molar-refractivity contribution in [3.05, 3.63) is 90.9 Å². The standard InChI is InChI=1S/C33H29Cl6F2N3O6/c1-30(2,3)49-28(47)44(29(48)50-31(4,5)6)24-20(40)9-10-21(23(24)41)43-26(45)16-13-15(7-8-17(16)34)32(27(42)46)25(33(32,38)39)14-11-18(35)22(37)19(36)12-14/h7-13,25H,1-6H3,(H2,42,46)(H,43,45)/t25-,32+/m1/s1. The second-order valence-electron chi connectivity index (χ2n) is 13.2. The zero-order valence-electron chi connectivity index (χ0n) is 27.1. The number of anilines is 2. The zero-order valence-corrected chi connectivity index (χ0v) is 31.7. The van der Waals surface area contributed by atoms with Crippen molar-refractivity contribution >= 4 is 105 Å². The van der Waals surface area contributed by atoms with Crippen molar-refractivity contribution in [1.82, 2.24) is 0 Å². The fraction of sp³-hybridized carbons (Fsp3) is 0.333. The highest BCUT2D eigenvalue weighted by Gasteiger charge is 2.81. The number of nitrogens with two attached hydrogens (primary N) is 1. The van der Waals surface area contributed by atoms with Crippen LogP contribution in [0.25, 0.3) is 0 Å². The van der Waals surface area contributed by atoms with Crippen LogP contribution >= 0.6 is 69.6 Å². The van der Waals surface area contributed by atoms with Crippen molar-refractivity contribution in [2.75, 3.05) is 10.2 Å². The maximum absolute atomic E-state index is 16.1. The summed E-state index contributed by atoms with van der Waals surface area (Å²) >= 11 is 38.3. The van der Waals surface area contributed by atoms with Gasteiger partial charge in [0.2, 0.25) is 5.91 Å². The number of amides is 4. The highest BCUT2D eigenvalue weighted by Crippen LogP contribution is 2.74. The van der Waals surface area contributed by atoms with Gasteiger partial charge in [0, 0.05) is 5.92 Å². The van der Waals surface area contributed by atoms with Gasteiger partial charge < -0.3 is 20.5 Å². The van der Waals surface area contributed by atoms with Crippen molar-refractivity contribution in [2.24, 2.45) is 5.73 Å². The predicted molar refractivity (Wildman–Crippen MR) is 190 cm³/mol. The Morgan fingerprint density at radius 2 is 1.34 bits per heavy atom. The molecule has 1 aliphatic rings. The molecule has 1 aliphatic carbocycles. The van der Waals surface area contributed by atoms with Crippen LogP contribution in [0, 0.1) is 11.6 Å². The molecule has 9 nitrogen and oxygen atoms in total. The fourth-order valence-corrected chi connectivity index (χ4v) is 7.17. The Balaban J connectivity index is 1.77. The lowest BCUT2D eigenvalue weighted by atomic mass is 9.88. The molecule has 17 heteroatoms. The summed E-state index contributed by atoms with van der Waals surface area (Å²) in [7, 11) is 0. The van der Waals surface area contributed by atoms with Crippen molar-refractivity contribution in [2.45, 2.75) is 68.4 Å². The molecule has 1 saturated carbocycles. The van der Waals surface area contributed by atoms with Crippen molar-refractivity contribution < 1.29 is 37.4 Å². The molecule has 0 saturated heterocycles. The summed E-state index contributed by atoms with van der Waals surface area (Å²) in [5.74, 6) is -5.94. The normalized spacial score (nSPS) is 18.2. The van der Waals surface area contributed by atoms with Gasteiger partial charge in [0.1, 0.15) is 26.6 Å². The molecule has 0 heterocycles. The van der Waals surface area contributed by atoms with Gasteiger partial charge in [0.15, 0.2) is 11.6 Å². The lowest BCUT2D eigenvalue weighted by Gasteiger charge is -2.29. The molecule has 2 atom stereocenters. The third-order valence-corrected chi connectivity index (χ3v) is 9.88. The SMILES string of the molecule is CC(C)(C)OC(=O)N(C(=O)OC(C)(C)C)c1c(F)ccc(NC(=O)c2cc([C@@]3(C(N)=O)[C@@H](c4cc(Cl)c(Cl)c(Cl)c4)C3(Cl)Cl)ccc2Cl)c1F. The molecule has 1 fully saturated rings. The molecule has 50 heavy (non-hydrogen) atoms. The zero-order chi connectivity index (χ0) is 37.9. The Hall–Kier alpha value is -3.06. The number of hydrogen-bond donors (Lipinski definition) is 2. The number of hydrogen-bond acceptors (Lipinski definition) is 6. The van der Waals surface area contributed by atoms with E-state index >= 15 is 8.78 Å². The number of carbonyl (C=O) groups is 4. The summed E-state index contributed by atoms with van der Waals surface area (Å²) in [6.07, 6.45) is -2.90. The maximum Gasteiger partial charge on any atom is 0.424 e. The highest BCUT2D eigenvalue weighted by atomic mass is 35.5. The molecule has 4 rings (SSSR count). The van der Waals surface area contributed by atoms with E-state index in [0.717, 1.165) is 6.07 Å². The number of alkyl halides is 2. The van der Waals surface area contributed by atoms with Crippen molar-refractivity contribution in [3.63, 3.8) is 0 Å². The van der Waals surface area contributed by atoms with Crippen LogP contribution in [0.15, 0.2) is 42.5 Å². The molecule has 0 radical (unpaired) electrons. The molecular formula is C33H29Cl6F2N3O6. The van der Waals surface area contributed by atoms with Gasteiger partial charge in [0.25, 0.3) is 5.91 Å². The maximum atomic E-state index is 16.1. The van der Waals surface area contributed by atoms with Gasteiger partial charge >= 0.3 is 12.2 Å². The van der Waals surface area contributed by atoms with Crippen LogP contribution in [-0.2, 0) is 19.7 Å². The molecule has 3 aromatic carbocycles. The smallest absolute Gasteiger partial charge is 0.424 e. The van der Waals surface area contributed by atoms with E-state index in [4.69, 9.17) is 84.8 Å². The third kappa shape index (κ3) is 7.45. The van der Waals surface area contributed by atoms with Gasteiger partial charge in [-0.25, -0.2) is 18.4 Å². The van der Waals surface area contributed by atoms with Gasteiger partial charge in [0.05, 0.1) is 31.3 Å². The van der Waals surface area contributed by atoms with E-state index in [0.29, 0.717) is 11.6 Å². The number of carbonyl (C=O) groups excluding carboxylic acids is 4. The quantitative estimate of drug-likeness (QED) is 0.188. The van der Waals surface area contributed by atoms with E-state index in [1.165, 1.54) is 71.9 Å². The van der Waals surface area contributed by atoms with Crippen LogP contribution in [0.2, 0.25) is 20.1 Å². The van der Waals surface area contributed by atoms with Crippen molar-refractivity contribution in [1.29, 1.82) is 0 Å². The Morgan fingerprint density at radius 3 is 1.82 bits per heavy atom. The first-order valence-corrected chi connectivity index (χ1v) is 16.8. The van der Waals surface area contributed by atoms with E-state index in [-0.39, 0.29) is 36.1 Å². The molecule has 3 aromatic rings. The summed E-state index contributed by atoms with van der Waals surface area (Å²) < 4.78 is 39.9. The largest absolute Gasteiger partial charge is 0.443 e. The molecule has 0 aromatic heterocycles. The fourth-order valence-electron chi connectivity index (χ4n) is 5.26. The number of nitrogens with zero attached hydrogens (tertiary/aromatic N) is 1. The van der Waals surface area contributed by atoms with E-state index < -0.39 is 73.9 Å². The van der Waals surface area contributed by atoms with Gasteiger partial charge in [-0.3, -0.25) is 9.59 Å². The Bertz CT molecular complexity index is 1880. The number of benzene rings is 3. The molecule has 268 valence electrons. The number of nitrogens with one attached hydrogen (secondary N) is 1. The van der Waals surface area contributed by atoms with E-state index in [1.54, 1.807) is 0 Å². The summed E-state index contributed by atoms with van der Waals surface area (Å²) in [5.41, 5.74) is -0.145. The second kappa shape index (κ2) is 13.8. The van der Waals surface area contributed by atoms with E-state index in [9.17, 15) is 19.2 Å². The molecule has 0 aliphatic heterocycles. The Morgan fingerprint density at radius 1 is 0.820 bits per heavy atom. The summed E-state index contributed by atoms with van der Waals surface area (Å²) in [6, 6.07) is 8.21. The van der Waals surface area contributed by atoms with E-state index in [2.05, 4.69) is 5.32 Å². The summed E-state index contributed by atoms with van der Waals surface area (Å²) in [5, 5.41) is 2.25. The van der Waals surface area contributed by atoms with E-state index in [1.807, 2.05) is 0 Å². The molecular weight excluding hydrogens is 785 g/mol. The topological polar surface area (TPSA) is 128 Å². The number of imide groups is 1. The van der Waals surface area contributed by atoms with Crippen LogP contribution in [0.3, 0.4) is 0 Å². The molecule has 4 amide bonds. The number of primary amides is 1. The molecule has 3 N–H and O–H groups in total. The number of rotatable bonds is 6. The Labute approximate surface area is 316 Å². The predicted octanol–water partition coefficient (Wildman–Crippen LogP) is 10.2. The van der Waals surface area contributed by atoms with Crippen LogP contribution in [0.4, 0.5) is 29.7 Å². The van der Waals surface area contributed by atoms with Crippen molar-refractivity contribution in [3.8, 4) is 0 Å². The van der Waals surface area contributed by atoms with Crippen LogP contribution in [0.1, 0.15) is 68.9 Å². The third-order valence-electron chi connectivity index (χ3n) is 7.32. The lowest BCUT2D eigenvalue weighted by molar-refractivity contribution is -0.120. The first-order chi connectivity index (χ1) is 22.8. The number of ether oxygens (including phenoxy) is 2. The number of halogens is 8. The monoisotopic (exact) mass is 811 g/mol. The summed E-state index contributed by atoms with van der Waals surface area (Å²) in [4.78, 5) is 53.0. The average molecular weight is 814 g/mol. The van der Waals surface area contributed by atoms with Crippen LogP contribution in [0.5, 0.6) is 0 Å². The molecule has 0 unspecified atom stereocenters. The Kier molecular flexibility index (Phi) is 11.0. The van der Waals surface area contributed by atoms with Gasteiger partial charge in [-0.15, -0.1) is 0 Å². The minimum atomic E-state index is -1.87. The minimum absolute atomic E-state index is 0.0457. The minimum Gasteiger partial charge on any atom is -0.443 e. The van der Waals surface area contributed by atoms with Gasteiger partial charge in [-0.05, 0) is 89.1 Å². The van der Waals surface area contributed by atoms with Gasteiger partial charge in [-0.2, -0.15) is 4.90 Å². The van der Waals surface area contributed by atoms with Gasteiger partial charge in [-0.1, -0.05) is 75.7 Å². The molecule has 0 spiro atoms. The summed E-state index contributed by atoms with van der Waals surface area (Å²) in [6.45, 7) is 8.86. The first-order valence-electron chi connectivity index (χ1n) is 14.5.